The van der Waals surface area contributed by atoms with Crippen molar-refractivity contribution in [2.45, 2.75) is 18.5 Å². The van der Waals surface area contributed by atoms with Crippen LogP contribution in [0.4, 0.5) is 0 Å². The van der Waals surface area contributed by atoms with Gasteiger partial charge in [0.15, 0.2) is 10.9 Å². The Kier molecular flexibility index (Phi) is 5.66. The molecule has 1 aromatic carbocycles. The maximum absolute atomic E-state index is 12.0. The lowest BCUT2D eigenvalue weighted by Gasteiger charge is -2.06. The second kappa shape index (κ2) is 7.70. The molecule has 1 heterocycles. The number of rotatable bonds is 7. The molecule has 1 aromatic heterocycles. The van der Waals surface area contributed by atoms with Crippen LogP contribution in [0.1, 0.15) is 18.3 Å². The Morgan fingerprint density at radius 2 is 2.09 bits per heavy atom. The van der Waals surface area contributed by atoms with Gasteiger partial charge in [0.1, 0.15) is 11.7 Å². The Morgan fingerprint density at radius 1 is 1.39 bits per heavy atom. The molecule has 0 radical (unpaired) electrons. The molecule has 118 valence electrons. The van der Waals surface area contributed by atoms with Gasteiger partial charge in [0.25, 0.3) is 0 Å². The van der Waals surface area contributed by atoms with Gasteiger partial charge in [-0.3, -0.25) is 4.79 Å². The van der Waals surface area contributed by atoms with Gasteiger partial charge in [-0.15, -0.1) is 10.2 Å². The number of nitriles is 1. The number of thioether (sulfide) groups is 1. The van der Waals surface area contributed by atoms with Gasteiger partial charge in [0.2, 0.25) is 0 Å². The van der Waals surface area contributed by atoms with Crippen LogP contribution < -0.4 is 0 Å². The van der Waals surface area contributed by atoms with Crippen molar-refractivity contribution in [3.8, 4) is 6.07 Å². The third-order valence-corrected chi connectivity index (χ3v) is 4.40. The second-order valence-electron chi connectivity index (χ2n) is 5.12. The number of carbonyl (C=O) groups is 1. The van der Waals surface area contributed by atoms with Gasteiger partial charge in [0, 0.05) is 19.2 Å². The highest BCUT2D eigenvalue weighted by molar-refractivity contribution is 7.99. The van der Waals surface area contributed by atoms with Crippen LogP contribution in [0.15, 0.2) is 35.5 Å². The summed E-state index contributed by atoms with van der Waals surface area (Å²) in [5, 5.41) is 25.3. The molecule has 0 spiro atoms. The van der Waals surface area contributed by atoms with Crippen LogP contribution in [0.25, 0.3) is 0 Å². The van der Waals surface area contributed by atoms with E-state index in [1.807, 2.05) is 48.0 Å². The summed E-state index contributed by atoms with van der Waals surface area (Å²) in [6, 6.07) is 11.8. The number of Topliss-reactive ketones (excluding diaryl/α,β-unsaturated/α-hetero) is 1. The van der Waals surface area contributed by atoms with Crippen molar-refractivity contribution in [3.05, 3.63) is 41.7 Å². The Morgan fingerprint density at radius 3 is 2.70 bits per heavy atom. The van der Waals surface area contributed by atoms with Crippen molar-refractivity contribution < 1.29 is 4.79 Å². The SMILES string of the molecule is CC(=N)C(C#N)C(=O)CSc1nnc(Cc2ccccc2)n1C. The Hall–Kier alpha value is -2.46. The molecule has 0 saturated heterocycles. The summed E-state index contributed by atoms with van der Waals surface area (Å²) in [5.74, 6) is -0.338. The highest BCUT2D eigenvalue weighted by Crippen LogP contribution is 2.18. The van der Waals surface area contributed by atoms with Crippen LogP contribution >= 0.6 is 11.8 Å². The summed E-state index contributed by atoms with van der Waals surface area (Å²) >= 11 is 1.24. The maximum Gasteiger partial charge on any atom is 0.191 e. The average Bonchev–Trinajstić information content (AvgIpc) is 2.87. The average molecular weight is 327 g/mol. The molecule has 0 fully saturated rings. The molecule has 0 saturated carbocycles. The van der Waals surface area contributed by atoms with Gasteiger partial charge >= 0.3 is 0 Å². The first-order valence-electron chi connectivity index (χ1n) is 7.05. The van der Waals surface area contributed by atoms with E-state index in [1.165, 1.54) is 18.7 Å². The third kappa shape index (κ3) is 4.27. The van der Waals surface area contributed by atoms with E-state index >= 15 is 0 Å². The first-order valence-corrected chi connectivity index (χ1v) is 8.04. The van der Waals surface area contributed by atoms with Crippen LogP contribution in [0, 0.1) is 22.7 Å². The first kappa shape index (κ1) is 16.9. The van der Waals surface area contributed by atoms with Crippen molar-refractivity contribution >= 4 is 23.3 Å². The van der Waals surface area contributed by atoms with Gasteiger partial charge in [0.05, 0.1) is 11.8 Å². The van der Waals surface area contributed by atoms with Crippen LogP contribution in [-0.4, -0.2) is 32.0 Å². The number of aromatic nitrogens is 3. The van der Waals surface area contributed by atoms with Crippen molar-refractivity contribution in [3.63, 3.8) is 0 Å². The zero-order chi connectivity index (χ0) is 16.8. The number of benzene rings is 1. The van der Waals surface area contributed by atoms with E-state index in [9.17, 15) is 4.79 Å². The van der Waals surface area contributed by atoms with Crippen LogP contribution in [0.2, 0.25) is 0 Å². The lowest BCUT2D eigenvalue weighted by molar-refractivity contribution is -0.117. The number of carbonyl (C=O) groups excluding carboxylic acids is 1. The quantitative estimate of drug-likeness (QED) is 0.621. The summed E-state index contributed by atoms with van der Waals surface area (Å²) in [6.45, 7) is 1.47. The molecule has 1 atom stereocenters. The number of nitrogens with one attached hydrogen (secondary N) is 1. The van der Waals surface area contributed by atoms with Gasteiger partial charge in [-0.25, -0.2) is 0 Å². The standard InChI is InChI=1S/C16H17N5OS/c1-11(18)13(9-17)14(22)10-23-16-20-19-15(21(16)2)8-12-6-4-3-5-7-12/h3-7,13,18H,8,10H2,1-2H3. The Labute approximate surface area is 139 Å². The predicted octanol–water partition coefficient (Wildman–Crippen LogP) is 2.25. The van der Waals surface area contributed by atoms with Crippen LogP contribution in [0.3, 0.4) is 0 Å². The largest absolute Gasteiger partial charge is 0.309 e. The molecule has 1 unspecified atom stereocenters. The smallest absolute Gasteiger partial charge is 0.191 e. The van der Waals surface area contributed by atoms with Crippen molar-refractivity contribution in [2.24, 2.45) is 13.0 Å². The molecule has 23 heavy (non-hydrogen) atoms. The van der Waals surface area contributed by atoms with Crippen LogP contribution in [0.5, 0.6) is 0 Å². The van der Waals surface area contributed by atoms with Gasteiger partial charge in [-0.2, -0.15) is 5.26 Å². The summed E-state index contributed by atoms with van der Waals surface area (Å²) in [4.78, 5) is 12.0. The molecule has 7 heteroatoms. The van der Waals surface area contributed by atoms with E-state index in [0.29, 0.717) is 11.6 Å². The minimum atomic E-state index is -0.973. The molecule has 2 aromatic rings. The molecule has 0 aliphatic carbocycles. The highest BCUT2D eigenvalue weighted by atomic mass is 32.2. The highest BCUT2D eigenvalue weighted by Gasteiger charge is 2.21. The zero-order valence-corrected chi connectivity index (χ0v) is 13.8. The summed E-state index contributed by atoms with van der Waals surface area (Å²) in [7, 11) is 1.86. The fourth-order valence-corrected chi connectivity index (χ4v) is 2.87. The summed E-state index contributed by atoms with van der Waals surface area (Å²) in [5.41, 5.74) is 1.21. The zero-order valence-electron chi connectivity index (χ0n) is 13.0. The third-order valence-electron chi connectivity index (χ3n) is 3.36. The lowest BCUT2D eigenvalue weighted by Crippen LogP contribution is -2.21. The topological polar surface area (TPSA) is 95.4 Å². The summed E-state index contributed by atoms with van der Waals surface area (Å²) in [6.07, 6.45) is 0.666. The van der Waals surface area contributed by atoms with E-state index in [4.69, 9.17) is 10.7 Å². The van der Waals surface area contributed by atoms with E-state index in [-0.39, 0.29) is 17.2 Å². The molecule has 1 N–H and O–H groups in total. The number of nitrogens with zero attached hydrogens (tertiary/aromatic N) is 4. The molecule has 0 aliphatic rings. The molecular formula is C16H17N5OS. The van der Waals surface area contributed by atoms with Crippen molar-refractivity contribution in [1.82, 2.24) is 14.8 Å². The fraction of sp³-hybridized carbons (Fsp3) is 0.312. The fourth-order valence-electron chi connectivity index (χ4n) is 2.03. The lowest BCUT2D eigenvalue weighted by atomic mass is 10.0. The molecule has 0 bridgehead atoms. The maximum atomic E-state index is 12.0. The van der Waals surface area contributed by atoms with Crippen LogP contribution in [-0.2, 0) is 18.3 Å². The molecule has 0 amide bonds. The Balaban J connectivity index is 2.01. The minimum absolute atomic E-state index is 0.0702. The van der Waals surface area contributed by atoms with Gasteiger partial charge in [-0.1, -0.05) is 42.1 Å². The molecule has 2 rings (SSSR count). The molecule has 6 nitrogen and oxygen atoms in total. The number of ketones is 1. The van der Waals surface area contributed by atoms with Gasteiger partial charge < -0.3 is 9.98 Å². The minimum Gasteiger partial charge on any atom is -0.309 e. The summed E-state index contributed by atoms with van der Waals surface area (Å²) < 4.78 is 1.85. The number of hydrogen-bond acceptors (Lipinski definition) is 6. The van der Waals surface area contributed by atoms with E-state index in [0.717, 1.165) is 11.4 Å². The molecule has 0 aliphatic heterocycles. The van der Waals surface area contributed by atoms with E-state index < -0.39 is 5.92 Å². The predicted molar refractivity (Wildman–Crippen MR) is 88.5 cm³/mol. The Bertz CT molecular complexity index is 748. The van der Waals surface area contributed by atoms with Crippen molar-refractivity contribution in [2.75, 3.05) is 5.75 Å². The van der Waals surface area contributed by atoms with Gasteiger partial charge in [-0.05, 0) is 12.5 Å². The van der Waals surface area contributed by atoms with E-state index in [1.54, 1.807) is 0 Å². The first-order chi connectivity index (χ1) is 11.0. The van der Waals surface area contributed by atoms with E-state index in [2.05, 4.69) is 10.2 Å². The van der Waals surface area contributed by atoms with Crippen molar-refractivity contribution in [1.29, 1.82) is 10.7 Å². The number of hydrogen-bond donors (Lipinski definition) is 1. The second-order valence-corrected chi connectivity index (χ2v) is 6.06. The molecular weight excluding hydrogens is 310 g/mol. The monoisotopic (exact) mass is 327 g/mol. The normalized spacial score (nSPS) is 11.7.